The maximum absolute atomic E-state index is 12.5. The van der Waals surface area contributed by atoms with Gasteiger partial charge in [-0.15, -0.1) is 0 Å². The van der Waals surface area contributed by atoms with Crippen LogP contribution in [0.3, 0.4) is 0 Å². The summed E-state index contributed by atoms with van der Waals surface area (Å²) < 4.78 is 5.06. The number of likely N-dealkylation sites (N-methyl/N-ethyl adjacent to an activating group) is 1. The van der Waals surface area contributed by atoms with Crippen molar-refractivity contribution in [3.63, 3.8) is 0 Å². The third-order valence-electron chi connectivity index (χ3n) is 4.55. The number of amides is 1. The summed E-state index contributed by atoms with van der Waals surface area (Å²) >= 11 is 5.95. The zero-order valence-corrected chi connectivity index (χ0v) is 16.2. The molecular formula is C19H30ClN3O2. The molecule has 1 aromatic carbocycles. The normalized spacial score (nSPS) is 16.2. The number of rotatable bonds is 8. The van der Waals surface area contributed by atoms with Gasteiger partial charge in [-0.3, -0.25) is 14.6 Å². The quantitative estimate of drug-likeness (QED) is 0.661. The maximum atomic E-state index is 12.5. The minimum Gasteiger partial charge on any atom is -0.385 e. The molecule has 0 unspecified atom stereocenters. The smallest absolute Gasteiger partial charge is 0.236 e. The highest BCUT2D eigenvalue weighted by molar-refractivity contribution is 6.30. The molecule has 25 heavy (non-hydrogen) atoms. The van der Waals surface area contributed by atoms with Crippen LogP contribution in [0.2, 0.25) is 5.02 Å². The Morgan fingerprint density at radius 1 is 1.20 bits per heavy atom. The fourth-order valence-corrected chi connectivity index (χ4v) is 3.24. The van der Waals surface area contributed by atoms with Crippen LogP contribution in [0.4, 0.5) is 0 Å². The highest BCUT2D eigenvalue weighted by atomic mass is 35.5. The van der Waals surface area contributed by atoms with Gasteiger partial charge in [0.2, 0.25) is 5.91 Å². The van der Waals surface area contributed by atoms with Crippen molar-refractivity contribution in [3.05, 3.63) is 34.9 Å². The number of methoxy groups -OCH3 is 1. The van der Waals surface area contributed by atoms with Gasteiger partial charge in [0.05, 0.1) is 6.54 Å². The molecule has 1 amide bonds. The lowest BCUT2D eigenvalue weighted by molar-refractivity contribution is -0.132. The number of hydrogen-bond donors (Lipinski definition) is 0. The van der Waals surface area contributed by atoms with Crippen molar-refractivity contribution >= 4 is 17.5 Å². The Bertz CT molecular complexity index is 524. The van der Waals surface area contributed by atoms with Gasteiger partial charge in [-0.05, 0) is 37.6 Å². The van der Waals surface area contributed by atoms with E-state index in [9.17, 15) is 4.79 Å². The summed E-state index contributed by atoms with van der Waals surface area (Å²) in [7, 11) is 3.70. The molecule has 0 radical (unpaired) electrons. The Morgan fingerprint density at radius 2 is 1.96 bits per heavy atom. The molecule has 1 saturated heterocycles. The van der Waals surface area contributed by atoms with Crippen molar-refractivity contribution in [2.45, 2.75) is 19.4 Å². The Morgan fingerprint density at radius 3 is 2.68 bits per heavy atom. The Hall–Kier alpha value is -1.14. The lowest BCUT2D eigenvalue weighted by atomic mass is 10.2. The average molecular weight is 368 g/mol. The first-order valence-electron chi connectivity index (χ1n) is 9.00. The van der Waals surface area contributed by atoms with Gasteiger partial charge in [-0.2, -0.15) is 0 Å². The van der Waals surface area contributed by atoms with Crippen LogP contribution in [0, 0.1) is 0 Å². The highest BCUT2D eigenvalue weighted by Gasteiger charge is 2.20. The van der Waals surface area contributed by atoms with E-state index in [0.717, 1.165) is 63.7 Å². The summed E-state index contributed by atoms with van der Waals surface area (Å²) in [6.07, 6.45) is 1.97. The third kappa shape index (κ3) is 7.32. The lowest BCUT2D eigenvalue weighted by Gasteiger charge is -2.24. The van der Waals surface area contributed by atoms with Gasteiger partial charge >= 0.3 is 0 Å². The van der Waals surface area contributed by atoms with Crippen molar-refractivity contribution in [3.8, 4) is 0 Å². The van der Waals surface area contributed by atoms with E-state index >= 15 is 0 Å². The molecule has 140 valence electrons. The van der Waals surface area contributed by atoms with Crippen LogP contribution >= 0.6 is 11.6 Å². The molecule has 1 heterocycles. The van der Waals surface area contributed by atoms with E-state index in [0.29, 0.717) is 6.54 Å². The molecule has 6 heteroatoms. The summed E-state index contributed by atoms with van der Waals surface area (Å²) in [5.41, 5.74) is 1.27. The average Bonchev–Trinajstić information content (AvgIpc) is 2.83. The van der Waals surface area contributed by atoms with Crippen LogP contribution in [0.1, 0.15) is 18.4 Å². The largest absolute Gasteiger partial charge is 0.385 e. The fraction of sp³-hybridized carbons (Fsp3) is 0.632. The molecule has 5 nitrogen and oxygen atoms in total. The number of halogens is 1. The van der Waals surface area contributed by atoms with Crippen LogP contribution in [0.15, 0.2) is 24.3 Å². The summed E-state index contributed by atoms with van der Waals surface area (Å²) in [5, 5.41) is 0.769. The molecule has 2 rings (SSSR count). The number of benzene rings is 1. The number of ether oxygens (including phenoxy) is 1. The second-order valence-electron chi connectivity index (χ2n) is 6.72. The molecule has 0 N–H and O–H groups in total. The Kier molecular flexibility index (Phi) is 8.68. The van der Waals surface area contributed by atoms with Gasteiger partial charge < -0.3 is 9.64 Å². The van der Waals surface area contributed by atoms with E-state index in [-0.39, 0.29) is 5.91 Å². The lowest BCUT2D eigenvalue weighted by Crippen LogP contribution is -2.41. The van der Waals surface area contributed by atoms with Crippen molar-refractivity contribution in [1.82, 2.24) is 14.7 Å². The number of nitrogens with zero attached hydrogens (tertiary/aromatic N) is 3. The van der Waals surface area contributed by atoms with E-state index in [1.54, 1.807) is 7.11 Å². The number of hydrogen-bond acceptors (Lipinski definition) is 4. The molecule has 0 bridgehead atoms. The minimum absolute atomic E-state index is 0.230. The van der Waals surface area contributed by atoms with Crippen LogP contribution in [0.5, 0.6) is 0 Å². The second kappa shape index (κ2) is 10.8. The summed E-state index contributed by atoms with van der Waals surface area (Å²) in [6, 6.07) is 8.02. The molecule has 1 aromatic rings. The van der Waals surface area contributed by atoms with Crippen molar-refractivity contribution in [2.24, 2.45) is 0 Å². The summed E-state index contributed by atoms with van der Waals surface area (Å²) in [4.78, 5) is 19.0. The standard InChI is InChI=1S/C19H30ClN3O2/c1-21(9-4-14-25-2)16-19(24)23-11-3-10-22(12-13-23)15-17-5-7-18(20)8-6-17/h5-8H,3-4,9-16H2,1-2H3. The van der Waals surface area contributed by atoms with E-state index in [1.807, 2.05) is 24.1 Å². The van der Waals surface area contributed by atoms with Gasteiger partial charge in [0.1, 0.15) is 0 Å². The fourth-order valence-electron chi connectivity index (χ4n) is 3.12. The van der Waals surface area contributed by atoms with Crippen molar-refractivity contribution in [1.29, 1.82) is 0 Å². The monoisotopic (exact) mass is 367 g/mol. The zero-order valence-electron chi connectivity index (χ0n) is 15.4. The van der Waals surface area contributed by atoms with Crippen molar-refractivity contribution in [2.75, 3.05) is 60.0 Å². The minimum atomic E-state index is 0.230. The topological polar surface area (TPSA) is 36.0 Å². The first-order valence-corrected chi connectivity index (χ1v) is 9.38. The van der Waals surface area contributed by atoms with Gasteiger partial charge in [-0.1, -0.05) is 23.7 Å². The molecule has 0 spiro atoms. The third-order valence-corrected chi connectivity index (χ3v) is 4.81. The first-order chi connectivity index (χ1) is 12.1. The van der Waals surface area contributed by atoms with Gasteiger partial charge in [0, 0.05) is 58.0 Å². The van der Waals surface area contributed by atoms with Gasteiger partial charge in [-0.25, -0.2) is 0 Å². The second-order valence-corrected chi connectivity index (χ2v) is 7.16. The molecule has 1 aliphatic heterocycles. The number of carbonyl (C=O) groups excluding carboxylic acids is 1. The number of carbonyl (C=O) groups is 1. The molecule has 0 aromatic heterocycles. The SMILES string of the molecule is COCCCN(C)CC(=O)N1CCCN(Cc2ccc(Cl)cc2)CC1. The molecule has 0 aliphatic carbocycles. The van der Waals surface area contributed by atoms with E-state index in [2.05, 4.69) is 21.9 Å². The van der Waals surface area contributed by atoms with Gasteiger partial charge in [0.15, 0.2) is 0 Å². The zero-order chi connectivity index (χ0) is 18.1. The molecule has 1 aliphatic rings. The van der Waals surface area contributed by atoms with Crippen LogP contribution < -0.4 is 0 Å². The van der Waals surface area contributed by atoms with Crippen molar-refractivity contribution < 1.29 is 9.53 Å². The van der Waals surface area contributed by atoms with Gasteiger partial charge in [0.25, 0.3) is 0 Å². The van der Waals surface area contributed by atoms with E-state index in [1.165, 1.54) is 5.56 Å². The predicted molar refractivity (Wildman–Crippen MR) is 102 cm³/mol. The van der Waals surface area contributed by atoms with Crippen LogP contribution in [-0.2, 0) is 16.1 Å². The summed E-state index contributed by atoms with van der Waals surface area (Å²) in [5.74, 6) is 0.230. The Labute approximate surface area is 156 Å². The predicted octanol–water partition coefficient (Wildman–Crippen LogP) is 2.34. The first kappa shape index (κ1) is 20.2. The van der Waals surface area contributed by atoms with E-state index < -0.39 is 0 Å². The molecular weight excluding hydrogens is 338 g/mol. The van der Waals surface area contributed by atoms with Crippen LogP contribution in [0.25, 0.3) is 0 Å². The maximum Gasteiger partial charge on any atom is 0.236 e. The summed E-state index contributed by atoms with van der Waals surface area (Å²) in [6.45, 7) is 6.62. The van der Waals surface area contributed by atoms with Crippen LogP contribution in [-0.4, -0.2) is 80.6 Å². The molecule has 0 atom stereocenters. The highest BCUT2D eigenvalue weighted by Crippen LogP contribution is 2.13. The Balaban J connectivity index is 1.76. The van der Waals surface area contributed by atoms with E-state index in [4.69, 9.17) is 16.3 Å². The molecule has 0 saturated carbocycles. The molecule has 1 fully saturated rings.